The first-order chi connectivity index (χ1) is 14.7. The fraction of sp³-hybridized carbons (Fsp3) is 0.963. The molecule has 0 aliphatic heterocycles. The van der Waals surface area contributed by atoms with Gasteiger partial charge in [-0.1, -0.05) is 142 Å². The highest BCUT2D eigenvalue weighted by molar-refractivity contribution is 5.85. The number of halogens is 1. The summed E-state index contributed by atoms with van der Waals surface area (Å²) < 4.78 is 4.65. The van der Waals surface area contributed by atoms with Crippen molar-refractivity contribution in [3.63, 3.8) is 0 Å². The van der Waals surface area contributed by atoms with E-state index in [1.54, 1.807) is 0 Å². The molecule has 1 atom stereocenters. The highest BCUT2D eigenvalue weighted by atomic mass is 35.5. The average Bonchev–Trinajstić information content (AvgIpc) is 2.74. The first kappa shape index (κ1) is 32.9. The molecule has 0 spiro atoms. The van der Waals surface area contributed by atoms with E-state index in [1.807, 2.05) is 0 Å². The van der Waals surface area contributed by atoms with E-state index >= 15 is 0 Å². The average molecular weight is 462 g/mol. The fourth-order valence-corrected chi connectivity index (χ4v) is 4.24. The van der Waals surface area contributed by atoms with Crippen molar-refractivity contribution in [2.75, 3.05) is 7.11 Å². The van der Waals surface area contributed by atoms with Gasteiger partial charge in [0.1, 0.15) is 0 Å². The lowest BCUT2D eigenvalue weighted by Gasteiger charge is -2.09. The zero-order valence-electron chi connectivity index (χ0n) is 21.1. The van der Waals surface area contributed by atoms with Gasteiger partial charge in [0, 0.05) is 6.04 Å². The van der Waals surface area contributed by atoms with E-state index in [9.17, 15) is 4.79 Å². The molecule has 1 unspecified atom stereocenters. The molecule has 31 heavy (non-hydrogen) atoms. The van der Waals surface area contributed by atoms with E-state index in [-0.39, 0.29) is 24.4 Å². The summed E-state index contributed by atoms with van der Waals surface area (Å²) in [4.78, 5) is 11.1. The molecule has 0 saturated carbocycles. The van der Waals surface area contributed by atoms with Gasteiger partial charge in [0.25, 0.3) is 0 Å². The van der Waals surface area contributed by atoms with E-state index in [2.05, 4.69) is 11.7 Å². The number of carbonyl (C=O) groups excluding carboxylic acids is 1. The lowest BCUT2D eigenvalue weighted by atomic mass is 10.0. The molecule has 0 aromatic heterocycles. The Kier molecular flexibility index (Phi) is 29.5. The third kappa shape index (κ3) is 27.7. The number of nitrogens with two attached hydrogens (primary N) is 1. The van der Waals surface area contributed by atoms with Gasteiger partial charge in [0.15, 0.2) is 0 Å². The van der Waals surface area contributed by atoms with Gasteiger partial charge in [-0.15, -0.1) is 12.4 Å². The van der Waals surface area contributed by atoms with E-state index in [0.29, 0.717) is 6.42 Å². The van der Waals surface area contributed by atoms with Crippen LogP contribution in [-0.4, -0.2) is 19.1 Å². The molecule has 0 bridgehead atoms. The fourth-order valence-electron chi connectivity index (χ4n) is 4.24. The van der Waals surface area contributed by atoms with Gasteiger partial charge in [-0.3, -0.25) is 4.79 Å². The monoisotopic (exact) mass is 461 g/mol. The van der Waals surface area contributed by atoms with Gasteiger partial charge in [-0.2, -0.15) is 0 Å². The lowest BCUT2D eigenvalue weighted by Crippen LogP contribution is -2.24. The van der Waals surface area contributed by atoms with Gasteiger partial charge >= 0.3 is 5.97 Å². The minimum absolute atomic E-state index is 0. The second kappa shape index (κ2) is 27.8. The first-order valence-corrected chi connectivity index (χ1v) is 13.5. The van der Waals surface area contributed by atoms with Crippen molar-refractivity contribution in [3.05, 3.63) is 0 Å². The van der Waals surface area contributed by atoms with Crippen LogP contribution in [0.3, 0.4) is 0 Å². The minimum Gasteiger partial charge on any atom is -0.469 e. The molecule has 0 aliphatic rings. The van der Waals surface area contributed by atoms with Crippen LogP contribution in [0.5, 0.6) is 0 Å². The molecule has 0 amide bonds. The molecule has 3 nitrogen and oxygen atoms in total. The number of unbranched alkanes of at least 4 members (excludes halogenated alkanes) is 20. The van der Waals surface area contributed by atoms with E-state index in [0.717, 1.165) is 12.8 Å². The zero-order chi connectivity index (χ0) is 22.1. The van der Waals surface area contributed by atoms with E-state index in [1.165, 1.54) is 136 Å². The molecular weight excluding hydrogens is 406 g/mol. The summed E-state index contributed by atoms with van der Waals surface area (Å²) >= 11 is 0. The standard InChI is InChI=1S/C27H55NO2.ClH/c1-3-4-5-6-7-8-9-10-11-12-13-14-15-16-17-18-19-20-21-22-23-24-26(28)25-27(29)30-2;/h26H,3-25,28H2,1-2H3;1H. The number of rotatable bonds is 24. The molecule has 0 aromatic carbocycles. The SMILES string of the molecule is CCCCCCCCCCCCCCCCCCCCCCCC(N)CC(=O)OC.Cl. The summed E-state index contributed by atoms with van der Waals surface area (Å²) in [6.45, 7) is 2.29. The number of hydrogen-bond donors (Lipinski definition) is 1. The third-order valence-electron chi connectivity index (χ3n) is 6.33. The van der Waals surface area contributed by atoms with Crippen molar-refractivity contribution < 1.29 is 9.53 Å². The van der Waals surface area contributed by atoms with Crippen LogP contribution in [0.25, 0.3) is 0 Å². The molecule has 0 fully saturated rings. The zero-order valence-corrected chi connectivity index (χ0v) is 22.0. The Morgan fingerprint density at radius 1 is 0.613 bits per heavy atom. The van der Waals surface area contributed by atoms with E-state index in [4.69, 9.17) is 5.73 Å². The summed E-state index contributed by atoms with van der Waals surface area (Å²) in [5.74, 6) is -0.189. The normalized spacial score (nSPS) is 11.8. The second-order valence-corrected chi connectivity index (χ2v) is 9.40. The molecule has 0 aliphatic carbocycles. The van der Waals surface area contributed by atoms with Crippen LogP contribution in [0.2, 0.25) is 0 Å². The Morgan fingerprint density at radius 2 is 0.903 bits per heavy atom. The van der Waals surface area contributed by atoms with Crippen molar-refractivity contribution in [3.8, 4) is 0 Å². The van der Waals surface area contributed by atoms with Crippen LogP contribution in [0, 0.1) is 0 Å². The van der Waals surface area contributed by atoms with Gasteiger partial charge in [-0.05, 0) is 6.42 Å². The van der Waals surface area contributed by atoms with Crippen molar-refractivity contribution in [1.82, 2.24) is 0 Å². The van der Waals surface area contributed by atoms with Crippen molar-refractivity contribution in [2.45, 2.75) is 161 Å². The van der Waals surface area contributed by atoms with Crippen molar-refractivity contribution >= 4 is 18.4 Å². The number of esters is 1. The highest BCUT2D eigenvalue weighted by Gasteiger charge is 2.08. The molecule has 0 heterocycles. The van der Waals surface area contributed by atoms with Gasteiger partial charge < -0.3 is 10.5 Å². The predicted molar refractivity (Wildman–Crippen MR) is 139 cm³/mol. The van der Waals surface area contributed by atoms with Crippen LogP contribution in [-0.2, 0) is 9.53 Å². The smallest absolute Gasteiger partial charge is 0.307 e. The van der Waals surface area contributed by atoms with Crippen molar-refractivity contribution in [2.24, 2.45) is 5.73 Å². The quantitative estimate of drug-likeness (QED) is 0.115. The Hall–Kier alpha value is -0.280. The summed E-state index contributed by atoms with van der Waals surface area (Å²) in [6.07, 6.45) is 30.8. The maximum Gasteiger partial charge on any atom is 0.307 e. The Morgan fingerprint density at radius 3 is 1.19 bits per heavy atom. The van der Waals surface area contributed by atoms with Crippen LogP contribution >= 0.6 is 12.4 Å². The number of carbonyl (C=O) groups is 1. The summed E-state index contributed by atoms with van der Waals surface area (Å²) in [5.41, 5.74) is 5.93. The van der Waals surface area contributed by atoms with Crippen LogP contribution in [0.15, 0.2) is 0 Å². The maximum absolute atomic E-state index is 11.1. The number of hydrogen-bond acceptors (Lipinski definition) is 3. The van der Waals surface area contributed by atoms with Crippen molar-refractivity contribution in [1.29, 1.82) is 0 Å². The maximum atomic E-state index is 11.1. The lowest BCUT2D eigenvalue weighted by molar-refractivity contribution is -0.141. The molecule has 4 heteroatoms. The van der Waals surface area contributed by atoms with Gasteiger partial charge in [0.2, 0.25) is 0 Å². The van der Waals surface area contributed by atoms with Crippen LogP contribution in [0.1, 0.15) is 155 Å². The Labute approximate surface area is 201 Å². The minimum atomic E-state index is -0.189. The molecule has 0 rings (SSSR count). The summed E-state index contributed by atoms with van der Waals surface area (Å²) in [7, 11) is 1.42. The molecular formula is C27H56ClNO2. The van der Waals surface area contributed by atoms with E-state index < -0.39 is 0 Å². The van der Waals surface area contributed by atoms with Gasteiger partial charge in [-0.25, -0.2) is 0 Å². The van der Waals surface area contributed by atoms with Gasteiger partial charge in [0.05, 0.1) is 13.5 Å². The number of methoxy groups -OCH3 is 1. The Bertz CT molecular complexity index is 352. The molecule has 0 radical (unpaired) electrons. The van der Waals surface area contributed by atoms with Crippen LogP contribution in [0.4, 0.5) is 0 Å². The molecule has 188 valence electrons. The Balaban J connectivity index is 0. The summed E-state index contributed by atoms with van der Waals surface area (Å²) in [6, 6.07) is -0.0298. The summed E-state index contributed by atoms with van der Waals surface area (Å²) in [5, 5.41) is 0. The topological polar surface area (TPSA) is 52.3 Å². The molecule has 2 N–H and O–H groups in total. The third-order valence-corrected chi connectivity index (χ3v) is 6.33. The molecule has 0 saturated heterocycles. The second-order valence-electron chi connectivity index (χ2n) is 9.40. The highest BCUT2D eigenvalue weighted by Crippen LogP contribution is 2.15. The molecule has 0 aromatic rings. The predicted octanol–water partition coefficient (Wildman–Crippen LogP) is 8.90. The van der Waals surface area contributed by atoms with Crippen LogP contribution < -0.4 is 5.73 Å². The largest absolute Gasteiger partial charge is 0.469 e. The first-order valence-electron chi connectivity index (χ1n) is 13.5. The number of ether oxygens (including phenoxy) is 1.